The molecule has 2 aromatic carbocycles. The second-order valence-electron chi connectivity index (χ2n) is 6.40. The van der Waals surface area contributed by atoms with Crippen LogP contribution in [-0.4, -0.2) is 36.6 Å². The summed E-state index contributed by atoms with van der Waals surface area (Å²) in [5.74, 6) is 1.52. The zero-order chi connectivity index (χ0) is 20.6. The zero-order valence-corrected chi connectivity index (χ0v) is 16.7. The van der Waals surface area contributed by atoms with Crippen LogP contribution >= 0.6 is 0 Å². The maximum atomic E-state index is 12.5. The van der Waals surface area contributed by atoms with Gasteiger partial charge in [0.25, 0.3) is 5.91 Å². The SMILES string of the molecule is COc1ccc(CCNc2nccc(C(=O)Nc3ccccc3C)n2)cc1OC. The molecule has 0 saturated carbocycles. The van der Waals surface area contributed by atoms with E-state index in [1.807, 2.05) is 49.4 Å². The predicted octanol–water partition coefficient (Wildman–Crippen LogP) is 3.71. The molecule has 1 heterocycles. The number of rotatable bonds is 8. The number of ether oxygens (including phenoxy) is 2. The number of carbonyl (C=O) groups is 1. The minimum atomic E-state index is -0.273. The Hall–Kier alpha value is -3.61. The van der Waals surface area contributed by atoms with E-state index >= 15 is 0 Å². The van der Waals surface area contributed by atoms with Crippen molar-refractivity contribution in [3.05, 3.63) is 71.5 Å². The molecule has 1 aromatic heterocycles. The number of para-hydroxylation sites is 1. The van der Waals surface area contributed by atoms with Gasteiger partial charge in [0.05, 0.1) is 14.2 Å². The molecule has 3 rings (SSSR count). The van der Waals surface area contributed by atoms with E-state index in [2.05, 4.69) is 20.6 Å². The number of benzene rings is 2. The maximum Gasteiger partial charge on any atom is 0.274 e. The topological polar surface area (TPSA) is 85.4 Å². The van der Waals surface area contributed by atoms with Crippen molar-refractivity contribution in [3.63, 3.8) is 0 Å². The summed E-state index contributed by atoms with van der Waals surface area (Å²) >= 11 is 0. The van der Waals surface area contributed by atoms with Crippen molar-refractivity contribution in [2.45, 2.75) is 13.3 Å². The molecule has 0 aliphatic rings. The molecular weight excluding hydrogens is 368 g/mol. The van der Waals surface area contributed by atoms with Crippen LogP contribution in [0.25, 0.3) is 0 Å². The van der Waals surface area contributed by atoms with Gasteiger partial charge in [-0.3, -0.25) is 4.79 Å². The summed E-state index contributed by atoms with van der Waals surface area (Å²) in [5.41, 5.74) is 3.14. The highest BCUT2D eigenvalue weighted by Crippen LogP contribution is 2.27. The average Bonchev–Trinajstić information content (AvgIpc) is 2.75. The Morgan fingerprint density at radius 3 is 2.59 bits per heavy atom. The highest BCUT2D eigenvalue weighted by atomic mass is 16.5. The van der Waals surface area contributed by atoms with Crippen molar-refractivity contribution >= 4 is 17.5 Å². The minimum Gasteiger partial charge on any atom is -0.493 e. The fourth-order valence-electron chi connectivity index (χ4n) is 2.82. The molecule has 150 valence electrons. The van der Waals surface area contributed by atoms with Crippen LogP contribution in [0.3, 0.4) is 0 Å². The van der Waals surface area contributed by atoms with Crippen molar-refractivity contribution in [2.75, 3.05) is 31.4 Å². The molecule has 0 unspecified atom stereocenters. The van der Waals surface area contributed by atoms with Crippen LogP contribution in [0.2, 0.25) is 0 Å². The van der Waals surface area contributed by atoms with Gasteiger partial charge in [0, 0.05) is 18.4 Å². The van der Waals surface area contributed by atoms with Crippen molar-refractivity contribution in [3.8, 4) is 11.5 Å². The van der Waals surface area contributed by atoms with E-state index < -0.39 is 0 Å². The third-order valence-corrected chi connectivity index (χ3v) is 4.43. The van der Waals surface area contributed by atoms with E-state index in [9.17, 15) is 4.79 Å². The van der Waals surface area contributed by atoms with Gasteiger partial charge in [0.2, 0.25) is 5.95 Å². The summed E-state index contributed by atoms with van der Waals surface area (Å²) in [6.45, 7) is 2.55. The van der Waals surface area contributed by atoms with E-state index in [1.54, 1.807) is 26.5 Å². The lowest BCUT2D eigenvalue weighted by Crippen LogP contribution is -2.16. The molecule has 0 bridgehead atoms. The summed E-state index contributed by atoms with van der Waals surface area (Å²) in [7, 11) is 3.22. The van der Waals surface area contributed by atoms with Gasteiger partial charge in [-0.2, -0.15) is 0 Å². The monoisotopic (exact) mass is 392 g/mol. The smallest absolute Gasteiger partial charge is 0.274 e. The summed E-state index contributed by atoms with van der Waals surface area (Å²) in [4.78, 5) is 21.0. The van der Waals surface area contributed by atoms with E-state index in [4.69, 9.17) is 9.47 Å². The first-order valence-corrected chi connectivity index (χ1v) is 9.25. The van der Waals surface area contributed by atoms with Crippen molar-refractivity contribution in [2.24, 2.45) is 0 Å². The van der Waals surface area contributed by atoms with Crippen molar-refractivity contribution in [1.82, 2.24) is 9.97 Å². The molecule has 1 amide bonds. The molecule has 3 aromatic rings. The van der Waals surface area contributed by atoms with Crippen molar-refractivity contribution < 1.29 is 14.3 Å². The van der Waals surface area contributed by atoms with Gasteiger partial charge in [0.15, 0.2) is 11.5 Å². The molecule has 0 spiro atoms. The molecule has 7 heteroatoms. The number of anilines is 2. The van der Waals surface area contributed by atoms with Crippen LogP contribution in [0.1, 0.15) is 21.6 Å². The Bertz CT molecular complexity index is 991. The third kappa shape index (κ3) is 5.22. The van der Waals surface area contributed by atoms with E-state index in [0.717, 1.165) is 23.2 Å². The Balaban J connectivity index is 1.60. The number of hydrogen-bond acceptors (Lipinski definition) is 6. The van der Waals surface area contributed by atoms with Gasteiger partial charge in [-0.05, 0) is 48.7 Å². The number of aromatic nitrogens is 2. The molecule has 0 aliphatic heterocycles. The lowest BCUT2D eigenvalue weighted by molar-refractivity contribution is 0.102. The van der Waals surface area contributed by atoms with E-state index in [1.165, 1.54) is 0 Å². The number of nitrogens with one attached hydrogen (secondary N) is 2. The normalized spacial score (nSPS) is 10.3. The molecule has 0 saturated heterocycles. The maximum absolute atomic E-state index is 12.5. The largest absolute Gasteiger partial charge is 0.493 e. The first-order chi connectivity index (χ1) is 14.1. The second-order valence-corrected chi connectivity index (χ2v) is 6.40. The molecule has 29 heavy (non-hydrogen) atoms. The average molecular weight is 392 g/mol. The minimum absolute atomic E-state index is 0.273. The molecule has 0 atom stereocenters. The van der Waals surface area contributed by atoms with Crippen LogP contribution in [-0.2, 0) is 6.42 Å². The highest BCUT2D eigenvalue weighted by molar-refractivity contribution is 6.03. The summed E-state index contributed by atoms with van der Waals surface area (Å²) in [6.07, 6.45) is 2.31. The fraction of sp³-hybridized carbons (Fsp3) is 0.227. The van der Waals surface area contributed by atoms with Crippen LogP contribution < -0.4 is 20.1 Å². The van der Waals surface area contributed by atoms with Gasteiger partial charge in [0.1, 0.15) is 5.69 Å². The lowest BCUT2D eigenvalue weighted by Gasteiger charge is -2.11. The fourth-order valence-corrected chi connectivity index (χ4v) is 2.82. The molecular formula is C22H24N4O3. The van der Waals surface area contributed by atoms with Gasteiger partial charge in [-0.25, -0.2) is 9.97 Å². The quantitative estimate of drug-likeness (QED) is 0.608. The van der Waals surface area contributed by atoms with Crippen LogP contribution in [0, 0.1) is 6.92 Å². The van der Waals surface area contributed by atoms with Crippen LogP contribution in [0.15, 0.2) is 54.7 Å². The number of carbonyl (C=O) groups excluding carboxylic acids is 1. The van der Waals surface area contributed by atoms with E-state index in [-0.39, 0.29) is 5.91 Å². The number of amides is 1. The third-order valence-electron chi connectivity index (χ3n) is 4.43. The van der Waals surface area contributed by atoms with Crippen LogP contribution in [0.4, 0.5) is 11.6 Å². The summed E-state index contributed by atoms with van der Waals surface area (Å²) in [6, 6.07) is 15.0. The lowest BCUT2D eigenvalue weighted by atomic mass is 10.1. The predicted molar refractivity (Wildman–Crippen MR) is 113 cm³/mol. The van der Waals surface area contributed by atoms with Gasteiger partial charge < -0.3 is 20.1 Å². The number of hydrogen-bond donors (Lipinski definition) is 2. The highest BCUT2D eigenvalue weighted by Gasteiger charge is 2.10. The number of aryl methyl sites for hydroxylation is 1. The Labute approximate surface area is 170 Å². The summed E-state index contributed by atoms with van der Waals surface area (Å²) < 4.78 is 10.6. The molecule has 7 nitrogen and oxygen atoms in total. The first-order valence-electron chi connectivity index (χ1n) is 9.25. The molecule has 0 aliphatic carbocycles. The van der Waals surface area contributed by atoms with Gasteiger partial charge >= 0.3 is 0 Å². The standard InChI is InChI=1S/C22H24N4O3/c1-15-6-4-5-7-17(15)25-21(27)18-11-13-24-22(26-18)23-12-10-16-8-9-19(28-2)20(14-16)29-3/h4-9,11,13-14H,10,12H2,1-3H3,(H,25,27)(H,23,24,26). The zero-order valence-electron chi connectivity index (χ0n) is 16.7. The Morgan fingerprint density at radius 2 is 1.83 bits per heavy atom. The Kier molecular flexibility index (Phi) is 6.63. The number of methoxy groups -OCH3 is 2. The summed E-state index contributed by atoms with van der Waals surface area (Å²) in [5, 5.41) is 6.03. The van der Waals surface area contributed by atoms with Gasteiger partial charge in [-0.15, -0.1) is 0 Å². The molecule has 2 N–H and O–H groups in total. The number of nitrogens with zero attached hydrogens (tertiary/aromatic N) is 2. The van der Waals surface area contributed by atoms with Gasteiger partial charge in [-0.1, -0.05) is 24.3 Å². The first kappa shape index (κ1) is 20.1. The van der Waals surface area contributed by atoms with E-state index in [0.29, 0.717) is 29.7 Å². The van der Waals surface area contributed by atoms with Crippen LogP contribution in [0.5, 0.6) is 11.5 Å². The Morgan fingerprint density at radius 1 is 1.03 bits per heavy atom. The molecule has 0 radical (unpaired) electrons. The molecule has 0 fully saturated rings. The van der Waals surface area contributed by atoms with Crippen molar-refractivity contribution in [1.29, 1.82) is 0 Å². The second kappa shape index (κ2) is 9.54.